The van der Waals surface area contributed by atoms with Gasteiger partial charge in [-0.25, -0.2) is 0 Å². The van der Waals surface area contributed by atoms with Gasteiger partial charge in [-0.1, -0.05) is 45.4 Å². The Morgan fingerprint density at radius 3 is 1.56 bits per heavy atom. The van der Waals surface area contributed by atoms with Gasteiger partial charge < -0.3 is 15.9 Å². The van der Waals surface area contributed by atoms with Crippen LogP contribution in [0.1, 0.15) is 64.7 Å². The summed E-state index contributed by atoms with van der Waals surface area (Å²) < 4.78 is 0. The lowest BCUT2D eigenvalue weighted by Gasteiger charge is -1.97. The van der Waals surface area contributed by atoms with Crippen molar-refractivity contribution in [1.82, 2.24) is 0 Å². The molecule has 0 unspecified atom stereocenters. The molecule has 0 aliphatic heterocycles. The summed E-state index contributed by atoms with van der Waals surface area (Å²) in [6, 6.07) is 0. The van der Waals surface area contributed by atoms with Crippen LogP contribution in [0.3, 0.4) is 0 Å². The quantitative estimate of drug-likeness (QED) is 0.525. The van der Waals surface area contributed by atoms with Gasteiger partial charge in [-0.3, -0.25) is 9.59 Å². The van der Waals surface area contributed by atoms with Crippen LogP contribution in [0.4, 0.5) is 0 Å². The molecular formula is C13H27NO4. The number of rotatable bonds is 10. The van der Waals surface area contributed by atoms with Crippen molar-refractivity contribution in [3.8, 4) is 0 Å². The van der Waals surface area contributed by atoms with E-state index in [0.717, 1.165) is 6.54 Å². The molecule has 0 atom stereocenters. The van der Waals surface area contributed by atoms with Crippen LogP contribution in [0.15, 0.2) is 0 Å². The maximum Gasteiger partial charge on any atom is 0.303 e. The molecule has 0 bridgehead atoms. The van der Waals surface area contributed by atoms with Crippen molar-refractivity contribution in [3.05, 3.63) is 0 Å². The van der Waals surface area contributed by atoms with E-state index in [1.54, 1.807) is 0 Å². The predicted octanol–water partition coefficient (Wildman–Crippen LogP) is 2.63. The van der Waals surface area contributed by atoms with Gasteiger partial charge in [0, 0.05) is 0 Å². The molecule has 0 aromatic rings. The summed E-state index contributed by atoms with van der Waals surface area (Å²) >= 11 is 0. The number of carboxylic acid groups (broad SMARTS) is 2. The van der Waals surface area contributed by atoms with Crippen LogP contribution < -0.4 is 5.73 Å². The second kappa shape index (κ2) is 15.9. The van der Waals surface area contributed by atoms with Gasteiger partial charge in [0.15, 0.2) is 0 Å². The van der Waals surface area contributed by atoms with Crippen LogP contribution in [0.5, 0.6) is 0 Å². The van der Waals surface area contributed by atoms with E-state index in [0.29, 0.717) is 0 Å². The van der Waals surface area contributed by atoms with E-state index in [9.17, 15) is 9.59 Å². The van der Waals surface area contributed by atoms with Crippen LogP contribution in [0.2, 0.25) is 0 Å². The second-order valence-electron chi connectivity index (χ2n) is 4.20. The highest BCUT2D eigenvalue weighted by molar-refractivity contribution is 5.75. The SMILES string of the molecule is CCCCCCCCCN.O=C(O)CCC(=O)O. The lowest BCUT2D eigenvalue weighted by molar-refractivity contribution is -0.143. The number of unbranched alkanes of at least 4 members (excludes halogenated alkanes) is 6. The third kappa shape index (κ3) is 24.2. The van der Waals surface area contributed by atoms with Crippen LogP contribution in [0, 0.1) is 0 Å². The zero-order chi connectivity index (χ0) is 14.2. The van der Waals surface area contributed by atoms with Crippen molar-refractivity contribution in [3.63, 3.8) is 0 Å². The standard InChI is InChI=1S/C9H21N.C4H6O4/c1-2-3-4-5-6-7-8-9-10;5-3(6)1-2-4(7)8/h2-10H2,1H3;1-2H2,(H,5,6)(H,7,8). The van der Waals surface area contributed by atoms with Crippen LogP contribution in [0.25, 0.3) is 0 Å². The lowest BCUT2D eigenvalue weighted by atomic mass is 10.1. The molecule has 5 heteroatoms. The number of hydrogen-bond acceptors (Lipinski definition) is 3. The van der Waals surface area contributed by atoms with E-state index in [4.69, 9.17) is 15.9 Å². The van der Waals surface area contributed by atoms with E-state index in [1.807, 2.05) is 0 Å². The summed E-state index contributed by atoms with van der Waals surface area (Å²) in [5.74, 6) is -2.15. The van der Waals surface area contributed by atoms with Gasteiger partial charge in [-0.15, -0.1) is 0 Å². The van der Waals surface area contributed by atoms with E-state index in [1.165, 1.54) is 44.9 Å². The number of hydrogen-bond donors (Lipinski definition) is 3. The topological polar surface area (TPSA) is 101 Å². The largest absolute Gasteiger partial charge is 0.481 e. The molecule has 0 spiro atoms. The van der Waals surface area contributed by atoms with Crippen LogP contribution >= 0.6 is 0 Å². The van der Waals surface area contributed by atoms with E-state index in [-0.39, 0.29) is 12.8 Å². The van der Waals surface area contributed by atoms with Gasteiger partial charge in [0.05, 0.1) is 12.8 Å². The summed E-state index contributed by atoms with van der Waals surface area (Å²) in [4.78, 5) is 19.3. The maximum atomic E-state index is 9.64. The minimum absolute atomic E-state index is 0.296. The van der Waals surface area contributed by atoms with Crippen molar-refractivity contribution < 1.29 is 19.8 Å². The number of nitrogens with two attached hydrogens (primary N) is 1. The van der Waals surface area contributed by atoms with Gasteiger partial charge in [0.25, 0.3) is 0 Å². The molecule has 0 saturated heterocycles. The Kier molecular flexibility index (Phi) is 17.0. The molecule has 0 aliphatic carbocycles. The molecule has 5 nitrogen and oxygen atoms in total. The van der Waals surface area contributed by atoms with Crippen molar-refractivity contribution in [2.24, 2.45) is 5.73 Å². The third-order valence-electron chi connectivity index (χ3n) is 2.36. The Hall–Kier alpha value is -1.10. The maximum absolute atomic E-state index is 9.64. The van der Waals surface area contributed by atoms with Gasteiger partial charge >= 0.3 is 11.9 Å². The van der Waals surface area contributed by atoms with Crippen molar-refractivity contribution in [2.45, 2.75) is 64.7 Å². The predicted molar refractivity (Wildman–Crippen MR) is 71.6 cm³/mol. The highest BCUT2D eigenvalue weighted by Crippen LogP contribution is 2.05. The summed E-state index contributed by atoms with van der Waals surface area (Å²) in [7, 11) is 0. The van der Waals surface area contributed by atoms with Crippen molar-refractivity contribution in [1.29, 1.82) is 0 Å². The monoisotopic (exact) mass is 261 g/mol. The molecule has 0 saturated carbocycles. The molecule has 4 N–H and O–H groups in total. The van der Waals surface area contributed by atoms with Crippen molar-refractivity contribution in [2.75, 3.05) is 6.54 Å². The van der Waals surface area contributed by atoms with Crippen LogP contribution in [-0.2, 0) is 9.59 Å². The molecular weight excluding hydrogens is 234 g/mol. The fourth-order valence-corrected chi connectivity index (χ4v) is 1.32. The fourth-order valence-electron chi connectivity index (χ4n) is 1.32. The summed E-state index contributed by atoms with van der Waals surface area (Å²) in [5.41, 5.74) is 5.37. The zero-order valence-electron chi connectivity index (χ0n) is 11.4. The molecule has 0 amide bonds. The Balaban J connectivity index is 0. The summed E-state index contributed by atoms with van der Waals surface area (Å²) in [6.07, 6.45) is 8.92. The normalized spacial score (nSPS) is 9.44. The van der Waals surface area contributed by atoms with E-state index in [2.05, 4.69) is 6.92 Å². The molecule has 0 aromatic carbocycles. The lowest BCUT2D eigenvalue weighted by Crippen LogP contribution is -2.00. The molecule has 108 valence electrons. The first-order valence-corrected chi connectivity index (χ1v) is 6.68. The third-order valence-corrected chi connectivity index (χ3v) is 2.36. The smallest absolute Gasteiger partial charge is 0.303 e. The molecule has 0 fully saturated rings. The first kappa shape index (κ1) is 19.2. The Morgan fingerprint density at radius 2 is 1.22 bits per heavy atom. The molecule has 0 heterocycles. The summed E-state index contributed by atoms with van der Waals surface area (Å²) in [6.45, 7) is 3.12. The highest BCUT2D eigenvalue weighted by atomic mass is 16.4. The first-order chi connectivity index (χ1) is 8.54. The molecule has 0 radical (unpaired) electrons. The Bertz CT molecular complexity index is 185. The minimum Gasteiger partial charge on any atom is -0.481 e. The van der Waals surface area contributed by atoms with Gasteiger partial charge in [0.1, 0.15) is 0 Å². The highest BCUT2D eigenvalue weighted by Gasteiger charge is 2.00. The number of carboxylic acids is 2. The van der Waals surface area contributed by atoms with Crippen molar-refractivity contribution >= 4 is 11.9 Å². The van der Waals surface area contributed by atoms with E-state index >= 15 is 0 Å². The fraction of sp³-hybridized carbons (Fsp3) is 0.846. The molecule has 0 aromatic heterocycles. The van der Waals surface area contributed by atoms with Crippen LogP contribution in [-0.4, -0.2) is 28.7 Å². The average Bonchev–Trinajstić information content (AvgIpc) is 2.32. The minimum atomic E-state index is -1.08. The zero-order valence-corrected chi connectivity index (χ0v) is 11.4. The Morgan fingerprint density at radius 1 is 0.833 bits per heavy atom. The number of aliphatic carboxylic acids is 2. The number of carbonyl (C=O) groups is 2. The molecule has 0 aliphatic rings. The second-order valence-corrected chi connectivity index (χ2v) is 4.20. The summed E-state index contributed by atoms with van der Waals surface area (Å²) in [5, 5.41) is 15.8. The van der Waals surface area contributed by atoms with E-state index < -0.39 is 11.9 Å². The Labute approximate surface area is 109 Å². The van der Waals surface area contributed by atoms with Gasteiger partial charge in [-0.2, -0.15) is 0 Å². The van der Waals surface area contributed by atoms with Gasteiger partial charge in [0.2, 0.25) is 0 Å². The first-order valence-electron chi connectivity index (χ1n) is 6.68. The molecule has 18 heavy (non-hydrogen) atoms. The van der Waals surface area contributed by atoms with Gasteiger partial charge in [-0.05, 0) is 13.0 Å². The average molecular weight is 261 g/mol. The molecule has 0 rings (SSSR count).